The summed E-state index contributed by atoms with van der Waals surface area (Å²) >= 11 is 0. The van der Waals surface area contributed by atoms with E-state index in [1.807, 2.05) is 0 Å². The van der Waals surface area contributed by atoms with Gasteiger partial charge in [0, 0.05) is 0 Å². The molecule has 4 N–H and O–H groups in total. The van der Waals surface area contributed by atoms with Crippen molar-refractivity contribution in [3.63, 3.8) is 0 Å². The summed E-state index contributed by atoms with van der Waals surface area (Å²) in [5, 5.41) is 3.15. The van der Waals surface area contributed by atoms with Crippen molar-refractivity contribution >= 4 is 5.91 Å². The fraction of sp³-hybridized carbons (Fsp3) is 0.682. The summed E-state index contributed by atoms with van der Waals surface area (Å²) in [6.45, 7) is 13.8. The van der Waals surface area contributed by atoms with Crippen LogP contribution in [0.4, 0.5) is 4.39 Å². The maximum Gasteiger partial charge on any atom is 0.275 e. The van der Waals surface area contributed by atoms with E-state index in [-0.39, 0.29) is 17.3 Å². The minimum atomic E-state index is -0.229. The number of ether oxygens (including phenoxy) is 2. The molecule has 30 heavy (non-hydrogen) atoms. The normalized spacial score (nSPS) is 23.2. The number of benzene rings is 1. The molecule has 0 aromatic heterocycles. The topological polar surface area (TPSA) is 60.9 Å². The van der Waals surface area contributed by atoms with Gasteiger partial charge in [-0.15, -0.1) is 0 Å². The van der Waals surface area contributed by atoms with Gasteiger partial charge in [-0.2, -0.15) is 0 Å². The van der Waals surface area contributed by atoms with Crippen molar-refractivity contribution in [3.05, 3.63) is 29.6 Å². The molecule has 8 heteroatoms. The monoisotopic (exact) mass is 425 g/mol. The Morgan fingerprint density at radius 3 is 2.47 bits per heavy atom. The summed E-state index contributed by atoms with van der Waals surface area (Å²) < 4.78 is 24.4. The number of halogens is 1. The third-order valence-electron chi connectivity index (χ3n) is 6.54. The first-order valence-corrected chi connectivity index (χ1v) is 11.1. The van der Waals surface area contributed by atoms with Gasteiger partial charge >= 0.3 is 0 Å². The largest absolute Gasteiger partial charge is 0.496 e. The van der Waals surface area contributed by atoms with Gasteiger partial charge in [0.25, 0.3) is 5.91 Å². The minimum Gasteiger partial charge on any atom is -0.496 e. The molecule has 0 radical (unpaired) electrons. The number of morpholine rings is 1. The standard InChI is InChI=1S/C22H35FN4O3/c1-22(2,27-10-12-30-13-11-27)17-24-21(28)16-26-8-6-25(7-9-26)15-18-14-19(23)4-5-20(18)29-3/h4-5,14H,6-13,15-17H2,1-3H3,(H,24,28)/p+3. The molecule has 2 aliphatic heterocycles. The smallest absolute Gasteiger partial charge is 0.275 e. The molecule has 0 aliphatic carbocycles. The number of carbonyl (C=O) groups is 1. The van der Waals surface area contributed by atoms with Crippen LogP contribution in [0.5, 0.6) is 5.75 Å². The predicted molar refractivity (Wildman–Crippen MR) is 112 cm³/mol. The molecule has 1 amide bonds. The van der Waals surface area contributed by atoms with Gasteiger partial charge < -0.3 is 29.5 Å². The summed E-state index contributed by atoms with van der Waals surface area (Å²) in [6.07, 6.45) is 0. The number of quaternary nitrogens is 3. The van der Waals surface area contributed by atoms with Crippen LogP contribution in [0, 0.1) is 5.82 Å². The first-order chi connectivity index (χ1) is 14.4. The molecule has 2 fully saturated rings. The Bertz CT molecular complexity index is 702. The fourth-order valence-electron chi connectivity index (χ4n) is 4.49. The van der Waals surface area contributed by atoms with E-state index < -0.39 is 0 Å². The SMILES string of the molecule is COc1ccc(F)cc1C[NH+]1CC[NH+](CC(=O)NCC(C)(C)[NH+]2CCOCC2)CC1. The average Bonchev–Trinajstić information content (AvgIpc) is 2.75. The predicted octanol–water partition coefficient (Wildman–Crippen LogP) is -3.07. The van der Waals surface area contributed by atoms with Crippen molar-refractivity contribution < 1.29 is 33.4 Å². The molecule has 7 nitrogen and oxygen atoms in total. The van der Waals surface area contributed by atoms with E-state index in [4.69, 9.17) is 9.47 Å². The molecule has 0 bridgehead atoms. The Kier molecular flexibility index (Phi) is 8.05. The molecule has 0 unspecified atom stereocenters. The fourth-order valence-corrected chi connectivity index (χ4v) is 4.49. The summed E-state index contributed by atoms with van der Waals surface area (Å²) in [7, 11) is 1.62. The number of piperazine rings is 1. The molecule has 0 spiro atoms. The molecule has 0 saturated carbocycles. The molecule has 2 heterocycles. The van der Waals surface area contributed by atoms with Crippen molar-refractivity contribution in [2.45, 2.75) is 25.9 Å². The summed E-state index contributed by atoms with van der Waals surface area (Å²) in [5.41, 5.74) is 0.920. The van der Waals surface area contributed by atoms with Crippen molar-refractivity contribution in [1.29, 1.82) is 0 Å². The first-order valence-electron chi connectivity index (χ1n) is 11.1. The van der Waals surface area contributed by atoms with Gasteiger partial charge in [-0.3, -0.25) is 4.79 Å². The lowest BCUT2D eigenvalue weighted by atomic mass is 10.0. The van der Waals surface area contributed by atoms with Gasteiger partial charge in [-0.1, -0.05) is 0 Å². The highest BCUT2D eigenvalue weighted by Crippen LogP contribution is 2.18. The zero-order valence-corrected chi connectivity index (χ0v) is 18.6. The third-order valence-corrected chi connectivity index (χ3v) is 6.54. The lowest BCUT2D eigenvalue weighted by Crippen LogP contribution is -3.28. The van der Waals surface area contributed by atoms with Gasteiger partial charge in [0.1, 0.15) is 62.9 Å². The second-order valence-corrected chi connectivity index (χ2v) is 9.19. The van der Waals surface area contributed by atoms with Crippen LogP contribution in [0.1, 0.15) is 19.4 Å². The zero-order valence-electron chi connectivity index (χ0n) is 18.6. The van der Waals surface area contributed by atoms with Gasteiger partial charge in [0.05, 0.1) is 32.4 Å². The molecular formula is C22H38FN4O3+3. The van der Waals surface area contributed by atoms with Gasteiger partial charge in [-0.25, -0.2) is 4.39 Å². The van der Waals surface area contributed by atoms with Crippen LogP contribution in [-0.2, 0) is 16.1 Å². The van der Waals surface area contributed by atoms with Crippen molar-refractivity contribution in [3.8, 4) is 5.75 Å². The molecule has 2 saturated heterocycles. The van der Waals surface area contributed by atoms with Gasteiger partial charge in [0.15, 0.2) is 6.54 Å². The molecule has 1 aromatic rings. The lowest BCUT2D eigenvalue weighted by Gasteiger charge is -2.37. The molecule has 2 aliphatic rings. The van der Waals surface area contributed by atoms with Crippen LogP contribution in [-0.4, -0.2) is 84.1 Å². The van der Waals surface area contributed by atoms with Crippen LogP contribution >= 0.6 is 0 Å². The molecule has 168 valence electrons. The zero-order chi connectivity index (χ0) is 21.6. The van der Waals surface area contributed by atoms with Crippen LogP contribution in [0.3, 0.4) is 0 Å². The molecule has 3 rings (SSSR count). The highest BCUT2D eigenvalue weighted by atomic mass is 19.1. The molecule has 1 aromatic carbocycles. The number of hydrogen-bond acceptors (Lipinski definition) is 3. The van der Waals surface area contributed by atoms with E-state index in [1.54, 1.807) is 19.2 Å². The van der Waals surface area contributed by atoms with Crippen LogP contribution < -0.4 is 24.8 Å². The third kappa shape index (κ3) is 6.38. The second-order valence-electron chi connectivity index (χ2n) is 9.19. The molecule has 0 atom stereocenters. The first kappa shape index (κ1) is 22.9. The Morgan fingerprint density at radius 1 is 1.13 bits per heavy atom. The Morgan fingerprint density at radius 2 is 1.80 bits per heavy atom. The van der Waals surface area contributed by atoms with E-state index >= 15 is 0 Å². The van der Waals surface area contributed by atoms with Crippen molar-refractivity contribution in [2.24, 2.45) is 0 Å². The Balaban J connectivity index is 1.40. The number of carbonyl (C=O) groups excluding carboxylic acids is 1. The van der Waals surface area contributed by atoms with Crippen LogP contribution in [0.15, 0.2) is 18.2 Å². The Hall–Kier alpha value is -1.74. The van der Waals surface area contributed by atoms with Crippen LogP contribution in [0.2, 0.25) is 0 Å². The highest BCUT2D eigenvalue weighted by molar-refractivity contribution is 5.76. The maximum absolute atomic E-state index is 13.6. The second kappa shape index (κ2) is 10.5. The summed E-state index contributed by atoms with van der Waals surface area (Å²) in [5.74, 6) is 0.636. The number of nitrogens with one attached hydrogen (secondary N) is 4. The van der Waals surface area contributed by atoms with E-state index in [2.05, 4.69) is 19.2 Å². The Labute approximate surface area is 179 Å². The van der Waals surface area contributed by atoms with Gasteiger partial charge in [0.2, 0.25) is 0 Å². The van der Waals surface area contributed by atoms with Crippen molar-refractivity contribution in [2.75, 3.05) is 72.7 Å². The minimum absolute atomic E-state index is 0.0155. The maximum atomic E-state index is 13.6. The highest BCUT2D eigenvalue weighted by Gasteiger charge is 2.33. The number of amides is 1. The van der Waals surface area contributed by atoms with E-state index in [0.717, 1.165) is 70.3 Å². The van der Waals surface area contributed by atoms with E-state index in [9.17, 15) is 9.18 Å². The number of rotatable bonds is 8. The summed E-state index contributed by atoms with van der Waals surface area (Å²) in [6, 6.07) is 4.69. The summed E-state index contributed by atoms with van der Waals surface area (Å²) in [4.78, 5) is 16.7. The van der Waals surface area contributed by atoms with E-state index in [0.29, 0.717) is 13.1 Å². The number of methoxy groups -OCH3 is 1. The quantitative estimate of drug-likeness (QED) is 0.358. The number of hydrogen-bond donors (Lipinski definition) is 4. The lowest BCUT2D eigenvalue weighted by molar-refractivity contribution is -1.02. The molecular weight excluding hydrogens is 387 g/mol. The average molecular weight is 426 g/mol. The van der Waals surface area contributed by atoms with Gasteiger partial charge in [-0.05, 0) is 32.0 Å². The van der Waals surface area contributed by atoms with Crippen molar-refractivity contribution in [1.82, 2.24) is 5.32 Å². The van der Waals surface area contributed by atoms with E-state index in [1.165, 1.54) is 20.8 Å². The van der Waals surface area contributed by atoms with Crippen LogP contribution in [0.25, 0.3) is 0 Å².